The van der Waals surface area contributed by atoms with Crippen LogP contribution < -0.4 is 4.72 Å². The fraction of sp³-hybridized carbons (Fsp3) is 0.571. The van der Waals surface area contributed by atoms with Crippen molar-refractivity contribution < 1.29 is 17.9 Å². The normalized spacial score (nSPS) is 18.9. The lowest BCUT2D eigenvalue weighted by Crippen LogP contribution is -2.36. The largest absolute Gasteiger partial charge is 0.378 e. The zero-order valence-corrected chi connectivity index (χ0v) is 12.1. The Hall–Kier alpha value is -0.980. The molecule has 2 N–H and O–H groups in total. The maximum absolute atomic E-state index is 12.8. The van der Waals surface area contributed by atoms with E-state index in [9.17, 15) is 17.9 Å². The average Bonchev–Trinajstić information content (AvgIpc) is 2.39. The van der Waals surface area contributed by atoms with E-state index >= 15 is 0 Å². The van der Waals surface area contributed by atoms with Crippen LogP contribution in [0.5, 0.6) is 0 Å². The minimum absolute atomic E-state index is 0.0402. The van der Waals surface area contributed by atoms with Crippen molar-refractivity contribution in [3.05, 3.63) is 30.1 Å². The summed E-state index contributed by atoms with van der Waals surface area (Å²) in [6.07, 6.45) is 4.91. The monoisotopic (exact) mass is 301 g/mol. The first kappa shape index (κ1) is 15.4. The van der Waals surface area contributed by atoms with Gasteiger partial charge in [-0.05, 0) is 36.6 Å². The lowest BCUT2D eigenvalue weighted by molar-refractivity contribution is 0.120. The van der Waals surface area contributed by atoms with Gasteiger partial charge in [-0.2, -0.15) is 4.72 Å². The van der Waals surface area contributed by atoms with Gasteiger partial charge in [-0.3, -0.25) is 0 Å². The van der Waals surface area contributed by atoms with Gasteiger partial charge in [-0.15, -0.1) is 0 Å². The second kappa shape index (κ2) is 6.65. The van der Waals surface area contributed by atoms with Crippen molar-refractivity contribution in [2.75, 3.05) is 0 Å². The van der Waals surface area contributed by atoms with Crippen LogP contribution in [0.4, 0.5) is 4.39 Å². The molecule has 1 fully saturated rings. The summed E-state index contributed by atoms with van der Waals surface area (Å²) in [5.41, 5.74) is 0. The van der Waals surface area contributed by atoms with Gasteiger partial charge in [0.2, 0.25) is 10.0 Å². The predicted molar refractivity (Wildman–Crippen MR) is 73.9 cm³/mol. The molecule has 1 atom stereocenters. The minimum atomic E-state index is -3.79. The smallest absolute Gasteiger partial charge is 0.242 e. The molecule has 112 valence electrons. The number of aliphatic hydroxyl groups excluding tert-OH is 1. The molecule has 0 heterocycles. The summed E-state index contributed by atoms with van der Waals surface area (Å²) in [5, 5.41) is 9.89. The number of hydrogen-bond donors (Lipinski definition) is 2. The van der Waals surface area contributed by atoms with E-state index in [-0.39, 0.29) is 4.90 Å². The average molecular weight is 301 g/mol. The molecule has 0 saturated heterocycles. The van der Waals surface area contributed by atoms with Crippen LogP contribution in [0.1, 0.15) is 38.5 Å². The van der Waals surface area contributed by atoms with Crippen LogP contribution in [0.25, 0.3) is 0 Å². The maximum Gasteiger partial charge on any atom is 0.242 e. The Bertz CT molecular complexity index is 524. The summed E-state index contributed by atoms with van der Waals surface area (Å²) in [5.74, 6) is -0.124. The topological polar surface area (TPSA) is 66.4 Å². The molecule has 0 aromatic heterocycles. The Morgan fingerprint density at radius 3 is 2.40 bits per heavy atom. The molecule has 0 bridgehead atoms. The Kier molecular flexibility index (Phi) is 5.12. The number of rotatable bonds is 5. The van der Waals surface area contributed by atoms with Crippen molar-refractivity contribution in [3.63, 3.8) is 0 Å². The summed E-state index contributed by atoms with van der Waals surface area (Å²) in [6, 6.07) is 4.54. The van der Waals surface area contributed by atoms with Gasteiger partial charge in [0, 0.05) is 0 Å². The van der Waals surface area contributed by atoms with Gasteiger partial charge in [-0.25, -0.2) is 12.8 Å². The third kappa shape index (κ3) is 4.26. The fourth-order valence-electron chi connectivity index (χ4n) is 2.65. The molecule has 20 heavy (non-hydrogen) atoms. The molecule has 1 aliphatic carbocycles. The van der Waals surface area contributed by atoms with E-state index in [2.05, 4.69) is 4.72 Å². The Morgan fingerprint density at radius 1 is 1.20 bits per heavy atom. The lowest BCUT2D eigenvalue weighted by atomic mass is 9.87. The van der Waals surface area contributed by atoms with Crippen LogP contribution in [0, 0.1) is 11.7 Å². The zero-order chi connectivity index (χ0) is 14.6. The van der Waals surface area contributed by atoms with E-state index < -0.39 is 22.1 Å². The molecule has 1 unspecified atom stereocenters. The number of halogens is 1. The third-order valence-corrected chi connectivity index (χ3v) is 5.17. The fourth-order valence-corrected chi connectivity index (χ4v) is 3.73. The van der Waals surface area contributed by atoms with E-state index in [1.54, 1.807) is 0 Å². The first-order valence-electron chi connectivity index (χ1n) is 6.93. The molecular weight excluding hydrogens is 281 g/mol. The second-order valence-corrected chi connectivity index (χ2v) is 7.04. The highest BCUT2D eigenvalue weighted by Crippen LogP contribution is 2.27. The highest BCUT2D eigenvalue weighted by Gasteiger charge is 2.22. The molecule has 0 amide bonds. The number of benzene rings is 1. The molecule has 1 aromatic rings. The van der Waals surface area contributed by atoms with Gasteiger partial charge in [0.25, 0.3) is 0 Å². The van der Waals surface area contributed by atoms with Crippen LogP contribution in [-0.4, -0.2) is 19.8 Å². The number of aliphatic hydroxyl groups is 1. The van der Waals surface area contributed by atoms with E-state index in [4.69, 9.17) is 0 Å². The second-order valence-electron chi connectivity index (χ2n) is 5.33. The third-order valence-electron chi connectivity index (χ3n) is 3.70. The Labute approximate surface area is 119 Å². The van der Waals surface area contributed by atoms with Gasteiger partial charge in [0.15, 0.2) is 0 Å². The summed E-state index contributed by atoms with van der Waals surface area (Å²) >= 11 is 0. The van der Waals surface area contributed by atoms with Gasteiger partial charge in [0.1, 0.15) is 12.0 Å². The van der Waals surface area contributed by atoms with Crippen molar-refractivity contribution >= 4 is 10.0 Å². The van der Waals surface area contributed by atoms with Gasteiger partial charge in [0.05, 0.1) is 4.90 Å². The van der Waals surface area contributed by atoms with Crippen LogP contribution in [0.3, 0.4) is 0 Å². The van der Waals surface area contributed by atoms with Crippen molar-refractivity contribution in [1.29, 1.82) is 0 Å². The van der Waals surface area contributed by atoms with E-state index in [0.29, 0.717) is 12.3 Å². The Morgan fingerprint density at radius 2 is 1.80 bits per heavy atom. The zero-order valence-electron chi connectivity index (χ0n) is 11.3. The molecular formula is C14H20FNO3S. The van der Waals surface area contributed by atoms with Crippen LogP contribution in [0.2, 0.25) is 0 Å². The highest BCUT2D eigenvalue weighted by atomic mass is 32.2. The van der Waals surface area contributed by atoms with Crippen molar-refractivity contribution in [1.82, 2.24) is 4.72 Å². The van der Waals surface area contributed by atoms with Crippen molar-refractivity contribution in [2.45, 2.75) is 49.6 Å². The molecule has 1 aromatic carbocycles. The first-order chi connectivity index (χ1) is 9.47. The van der Waals surface area contributed by atoms with E-state index in [1.165, 1.54) is 18.6 Å². The Balaban J connectivity index is 1.95. The SMILES string of the molecule is O=S(=O)(NC(O)CC1CCCCC1)c1ccc(F)cc1. The summed E-state index contributed by atoms with van der Waals surface area (Å²) in [4.78, 5) is -0.0402. The van der Waals surface area contributed by atoms with E-state index in [0.717, 1.165) is 37.8 Å². The van der Waals surface area contributed by atoms with Crippen molar-refractivity contribution in [2.24, 2.45) is 5.92 Å². The van der Waals surface area contributed by atoms with Gasteiger partial charge < -0.3 is 5.11 Å². The minimum Gasteiger partial charge on any atom is -0.378 e. The van der Waals surface area contributed by atoms with Gasteiger partial charge >= 0.3 is 0 Å². The van der Waals surface area contributed by atoms with Crippen LogP contribution in [0.15, 0.2) is 29.2 Å². The standard InChI is InChI=1S/C14H20FNO3S/c15-12-6-8-13(9-7-12)20(18,19)16-14(17)10-11-4-2-1-3-5-11/h6-9,11,14,16-17H,1-5,10H2. The lowest BCUT2D eigenvalue weighted by Gasteiger charge is -2.24. The maximum atomic E-state index is 12.8. The predicted octanol–water partition coefficient (Wildman–Crippen LogP) is 2.39. The molecule has 6 heteroatoms. The molecule has 0 radical (unpaired) electrons. The van der Waals surface area contributed by atoms with Crippen molar-refractivity contribution in [3.8, 4) is 0 Å². The summed E-state index contributed by atoms with van der Waals surface area (Å²) < 4.78 is 39.0. The van der Waals surface area contributed by atoms with Gasteiger partial charge in [-0.1, -0.05) is 32.1 Å². The summed E-state index contributed by atoms with van der Waals surface area (Å²) in [7, 11) is -3.79. The molecule has 0 spiro atoms. The molecule has 1 saturated carbocycles. The van der Waals surface area contributed by atoms with Crippen LogP contribution >= 0.6 is 0 Å². The molecule has 1 aliphatic rings. The van der Waals surface area contributed by atoms with E-state index in [1.807, 2.05) is 0 Å². The van der Waals surface area contributed by atoms with Crippen LogP contribution in [-0.2, 0) is 10.0 Å². The summed E-state index contributed by atoms with van der Waals surface area (Å²) in [6.45, 7) is 0. The number of nitrogens with one attached hydrogen (secondary N) is 1. The molecule has 4 nitrogen and oxygen atoms in total. The first-order valence-corrected chi connectivity index (χ1v) is 8.41. The highest BCUT2D eigenvalue weighted by molar-refractivity contribution is 7.89. The number of sulfonamides is 1. The quantitative estimate of drug-likeness (QED) is 0.821. The molecule has 0 aliphatic heterocycles. The molecule has 2 rings (SSSR count). The number of hydrogen-bond acceptors (Lipinski definition) is 3.